The monoisotopic (exact) mass is 443 g/mol. The molecule has 0 bridgehead atoms. The van der Waals surface area contributed by atoms with Crippen molar-refractivity contribution in [1.82, 2.24) is 10.3 Å². The Balaban J connectivity index is 1.21. The first-order valence-electron chi connectivity index (χ1n) is 10.4. The minimum Gasteiger partial charge on any atom is -0.445 e. The van der Waals surface area contributed by atoms with E-state index in [1.807, 2.05) is 48.5 Å². The lowest BCUT2D eigenvalue weighted by atomic mass is 10.1. The average molecular weight is 444 g/mol. The summed E-state index contributed by atoms with van der Waals surface area (Å²) in [4.78, 5) is 29.2. The Labute approximate surface area is 189 Å². The van der Waals surface area contributed by atoms with Gasteiger partial charge in [0, 0.05) is 11.6 Å². The van der Waals surface area contributed by atoms with Crippen molar-refractivity contribution in [2.45, 2.75) is 25.5 Å². The molecule has 2 N–H and O–H groups in total. The van der Waals surface area contributed by atoms with Crippen LogP contribution in [0.25, 0.3) is 10.2 Å². The molecule has 160 valence electrons. The second kappa shape index (κ2) is 8.80. The van der Waals surface area contributed by atoms with Gasteiger partial charge in [-0.15, -0.1) is 0 Å². The van der Waals surface area contributed by atoms with Crippen molar-refractivity contribution in [1.29, 1.82) is 0 Å². The highest BCUT2D eigenvalue weighted by Crippen LogP contribution is 2.32. The van der Waals surface area contributed by atoms with Crippen LogP contribution in [-0.4, -0.2) is 23.0 Å². The third-order valence-corrected chi connectivity index (χ3v) is 6.37. The number of benzene rings is 3. The van der Waals surface area contributed by atoms with Crippen LogP contribution in [0.2, 0.25) is 0 Å². The van der Waals surface area contributed by atoms with E-state index >= 15 is 0 Å². The van der Waals surface area contributed by atoms with Gasteiger partial charge in [-0.2, -0.15) is 0 Å². The summed E-state index contributed by atoms with van der Waals surface area (Å²) in [5, 5.41) is 6.42. The highest BCUT2D eigenvalue weighted by Gasteiger charge is 2.25. The molecular formula is C25H21N3O3S. The number of nitrogens with zero attached hydrogens (tertiary/aromatic N) is 1. The van der Waals surface area contributed by atoms with E-state index in [-0.39, 0.29) is 18.6 Å². The molecule has 0 fully saturated rings. The summed E-state index contributed by atoms with van der Waals surface area (Å²) in [7, 11) is 0. The van der Waals surface area contributed by atoms with E-state index in [0.717, 1.165) is 34.2 Å². The maximum absolute atomic E-state index is 12.4. The molecule has 7 heteroatoms. The number of amides is 2. The molecular weight excluding hydrogens is 422 g/mol. The van der Waals surface area contributed by atoms with Gasteiger partial charge in [-0.25, -0.2) is 9.78 Å². The summed E-state index contributed by atoms with van der Waals surface area (Å²) < 4.78 is 6.35. The van der Waals surface area contributed by atoms with Crippen molar-refractivity contribution in [3.63, 3.8) is 0 Å². The summed E-state index contributed by atoms with van der Waals surface area (Å²) in [5.74, 6) is -0.171. The van der Waals surface area contributed by atoms with Crippen molar-refractivity contribution in [2.24, 2.45) is 0 Å². The van der Waals surface area contributed by atoms with Gasteiger partial charge in [-0.3, -0.25) is 10.1 Å². The number of thiazole rings is 1. The number of nitrogens with one attached hydrogen (secondary N) is 2. The Hall–Kier alpha value is -3.71. The smallest absolute Gasteiger partial charge is 0.407 e. The van der Waals surface area contributed by atoms with Crippen molar-refractivity contribution in [2.75, 3.05) is 5.32 Å². The zero-order valence-corrected chi connectivity index (χ0v) is 18.0. The fraction of sp³-hybridized carbons (Fsp3) is 0.160. The Kier molecular flexibility index (Phi) is 5.56. The van der Waals surface area contributed by atoms with Crippen LogP contribution in [0.15, 0.2) is 72.8 Å². The van der Waals surface area contributed by atoms with E-state index in [2.05, 4.69) is 27.8 Å². The van der Waals surface area contributed by atoms with E-state index in [0.29, 0.717) is 10.7 Å². The lowest BCUT2D eigenvalue weighted by Crippen LogP contribution is -2.35. The van der Waals surface area contributed by atoms with Crippen molar-refractivity contribution in [3.05, 3.63) is 95.1 Å². The van der Waals surface area contributed by atoms with Crippen LogP contribution in [0.3, 0.4) is 0 Å². The summed E-state index contributed by atoms with van der Waals surface area (Å²) >= 11 is 1.45. The van der Waals surface area contributed by atoms with Crippen LogP contribution >= 0.6 is 11.3 Å². The number of anilines is 1. The molecule has 0 radical (unpaired) electrons. The molecule has 2 amide bonds. The number of aromatic nitrogens is 1. The first kappa shape index (κ1) is 20.2. The predicted octanol–water partition coefficient (Wildman–Crippen LogP) is 4.94. The standard InChI is InChI=1S/C25H21N3O3S/c29-23(17-9-5-2-6-10-17)28-24-27-21-13-18-11-20(12-19(18)14-22(21)32-24)26-25(30)31-15-16-7-3-1-4-8-16/h1-10,13-14,20H,11-12,15H2,(H,26,30)(H,27,28,29)/t20-/m1/s1. The van der Waals surface area contributed by atoms with Gasteiger partial charge in [0.1, 0.15) is 6.61 Å². The molecule has 0 aliphatic heterocycles. The van der Waals surface area contributed by atoms with Crippen LogP contribution in [0.4, 0.5) is 9.93 Å². The molecule has 32 heavy (non-hydrogen) atoms. The lowest BCUT2D eigenvalue weighted by Gasteiger charge is -2.12. The first-order chi connectivity index (χ1) is 15.6. The SMILES string of the molecule is O=C(N[C@@H]1Cc2cc3nc(NC(=O)c4ccccc4)sc3cc2C1)OCc1ccccc1. The molecule has 1 heterocycles. The van der Waals surface area contributed by atoms with Gasteiger partial charge in [-0.1, -0.05) is 59.9 Å². The van der Waals surface area contributed by atoms with E-state index in [1.165, 1.54) is 16.9 Å². The maximum Gasteiger partial charge on any atom is 0.407 e. The first-order valence-corrected chi connectivity index (χ1v) is 11.2. The normalized spacial score (nSPS) is 14.7. The number of rotatable bonds is 5. The fourth-order valence-corrected chi connectivity index (χ4v) is 4.79. The number of hydrogen-bond donors (Lipinski definition) is 2. The quantitative estimate of drug-likeness (QED) is 0.458. The van der Waals surface area contributed by atoms with Gasteiger partial charge in [0.15, 0.2) is 5.13 Å². The topological polar surface area (TPSA) is 80.3 Å². The van der Waals surface area contributed by atoms with E-state index < -0.39 is 6.09 Å². The second-order valence-electron chi connectivity index (χ2n) is 7.74. The zero-order chi connectivity index (χ0) is 21.9. The number of hydrogen-bond acceptors (Lipinski definition) is 5. The predicted molar refractivity (Wildman–Crippen MR) is 125 cm³/mol. The van der Waals surface area contributed by atoms with Crippen LogP contribution in [0.5, 0.6) is 0 Å². The molecule has 0 unspecified atom stereocenters. The van der Waals surface area contributed by atoms with E-state index in [4.69, 9.17) is 4.74 Å². The van der Waals surface area contributed by atoms with Gasteiger partial charge < -0.3 is 10.1 Å². The second-order valence-corrected chi connectivity index (χ2v) is 8.77. The highest BCUT2D eigenvalue weighted by atomic mass is 32.1. The number of ether oxygens (including phenoxy) is 1. The molecule has 0 saturated carbocycles. The third kappa shape index (κ3) is 4.48. The molecule has 1 aliphatic rings. The number of alkyl carbamates (subject to hydrolysis) is 1. The Bertz CT molecular complexity index is 1230. The maximum atomic E-state index is 12.4. The number of fused-ring (bicyclic) bond motifs is 2. The average Bonchev–Trinajstić information content (AvgIpc) is 3.38. The summed E-state index contributed by atoms with van der Waals surface area (Å²) in [6.07, 6.45) is 1.07. The van der Waals surface area contributed by atoms with Crippen LogP contribution in [-0.2, 0) is 24.2 Å². The van der Waals surface area contributed by atoms with Crippen molar-refractivity contribution >= 4 is 38.7 Å². The largest absolute Gasteiger partial charge is 0.445 e. The summed E-state index contributed by atoms with van der Waals surface area (Å²) in [5.41, 5.74) is 4.76. The molecule has 5 rings (SSSR count). The highest BCUT2D eigenvalue weighted by molar-refractivity contribution is 7.22. The molecule has 1 aromatic heterocycles. The Morgan fingerprint density at radius 2 is 1.66 bits per heavy atom. The van der Waals surface area contributed by atoms with E-state index in [9.17, 15) is 9.59 Å². The van der Waals surface area contributed by atoms with Crippen molar-refractivity contribution in [3.8, 4) is 0 Å². The number of carbonyl (C=O) groups is 2. The van der Waals surface area contributed by atoms with Gasteiger partial charge in [0.05, 0.1) is 10.2 Å². The molecule has 0 spiro atoms. The Morgan fingerprint density at radius 3 is 2.41 bits per heavy atom. The van der Waals surface area contributed by atoms with Crippen LogP contribution < -0.4 is 10.6 Å². The molecule has 1 atom stereocenters. The van der Waals surface area contributed by atoms with E-state index in [1.54, 1.807) is 12.1 Å². The van der Waals surface area contributed by atoms with Crippen molar-refractivity contribution < 1.29 is 14.3 Å². The van der Waals surface area contributed by atoms with Gasteiger partial charge >= 0.3 is 6.09 Å². The molecule has 4 aromatic rings. The third-order valence-electron chi connectivity index (χ3n) is 5.43. The zero-order valence-electron chi connectivity index (χ0n) is 17.2. The molecule has 0 saturated heterocycles. The molecule has 1 aliphatic carbocycles. The van der Waals surface area contributed by atoms with Crippen LogP contribution in [0, 0.1) is 0 Å². The number of carbonyl (C=O) groups excluding carboxylic acids is 2. The van der Waals surface area contributed by atoms with Gasteiger partial charge in [-0.05, 0) is 53.8 Å². The summed E-state index contributed by atoms with van der Waals surface area (Å²) in [6.45, 7) is 0.253. The Morgan fingerprint density at radius 1 is 0.969 bits per heavy atom. The fourth-order valence-electron chi connectivity index (χ4n) is 3.89. The minimum absolute atomic E-state index is 0.00188. The lowest BCUT2D eigenvalue weighted by molar-refractivity contribution is 0.102. The van der Waals surface area contributed by atoms with Gasteiger partial charge in [0.25, 0.3) is 5.91 Å². The molecule has 6 nitrogen and oxygen atoms in total. The summed E-state index contributed by atoms with van der Waals surface area (Å²) in [6, 6.07) is 22.9. The minimum atomic E-state index is -0.405. The van der Waals surface area contributed by atoms with Crippen LogP contribution in [0.1, 0.15) is 27.0 Å². The molecule has 3 aromatic carbocycles. The van der Waals surface area contributed by atoms with Gasteiger partial charge in [0.2, 0.25) is 0 Å².